The molecule has 1 nitrogen and oxygen atoms in total. The third kappa shape index (κ3) is 5.04. The van der Waals surface area contributed by atoms with Gasteiger partial charge in [0, 0.05) is 57.4 Å². The summed E-state index contributed by atoms with van der Waals surface area (Å²) >= 11 is 3.76. The Hall–Kier alpha value is -6.26. The van der Waals surface area contributed by atoms with Gasteiger partial charge in [0.2, 0.25) is 0 Å². The lowest BCUT2D eigenvalue weighted by molar-refractivity contribution is 1.29. The van der Waals surface area contributed by atoms with Gasteiger partial charge in [0.25, 0.3) is 0 Å². The average Bonchev–Trinajstić information content (AvgIpc) is 3.79. The van der Waals surface area contributed by atoms with Gasteiger partial charge in [-0.3, -0.25) is 0 Å². The molecule has 0 saturated heterocycles. The first-order valence-corrected chi connectivity index (χ1v) is 19.6. The van der Waals surface area contributed by atoms with E-state index in [1.54, 1.807) is 0 Å². The minimum Gasteiger partial charge on any atom is -0.310 e. The van der Waals surface area contributed by atoms with Gasteiger partial charge in [-0.2, -0.15) is 0 Å². The van der Waals surface area contributed by atoms with Gasteiger partial charge in [-0.15, -0.1) is 22.7 Å². The van der Waals surface area contributed by atoms with Crippen molar-refractivity contribution in [1.29, 1.82) is 0 Å². The van der Waals surface area contributed by atoms with Gasteiger partial charge in [0.05, 0.1) is 0 Å². The second-order valence-corrected chi connectivity index (χ2v) is 15.8. The number of rotatable bonds is 5. The normalized spacial score (nSPS) is 11.8. The molecule has 0 spiro atoms. The van der Waals surface area contributed by atoms with Gasteiger partial charge in [-0.1, -0.05) is 140 Å². The molecule has 0 saturated carbocycles. The molecule has 2 aromatic heterocycles. The Morgan fingerprint density at radius 1 is 0.302 bits per heavy atom. The second-order valence-electron chi connectivity index (χ2n) is 13.7. The fourth-order valence-electron chi connectivity index (χ4n) is 8.05. The predicted octanol–water partition coefficient (Wildman–Crippen LogP) is 15.5. The van der Waals surface area contributed by atoms with Crippen LogP contribution in [-0.2, 0) is 0 Å². The molecule has 0 aliphatic rings. The van der Waals surface area contributed by atoms with E-state index in [1.807, 2.05) is 22.7 Å². The average molecular weight is 710 g/mol. The van der Waals surface area contributed by atoms with Crippen molar-refractivity contribution >= 4 is 102 Å². The summed E-state index contributed by atoms with van der Waals surface area (Å²) in [6.45, 7) is 0. The number of nitrogens with zero attached hydrogens (tertiary/aromatic N) is 1. The summed E-state index contributed by atoms with van der Waals surface area (Å²) < 4.78 is 5.30. The van der Waals surface area contributed by atoms with Gasteiger partial charge < -0.3 is 4.90 Å². The van der Waals surface area contributed by atoms with Gasteiger partial charge in [0.15, 0.2) is 0 Å². The summed E-state index contributed by atoms with van der Waals surface area (Å²) in [7, 11) is 0. The summed E-state index contributed by atoms with van der Waals surface area (Å²) in [5, 5.41) is 10.4. The predicted molar refractivity (Wildman–Crippen MR) is 233 cm³/mol. The van der Waals surface area contributed by atoms with Gasteiger partial charge in [-0.05, 0) is 92.3 Å². The summed E-state index contributed by atoms with van der Waals surface area (Å²) in [5.74, 6) is 0. The molecule has 2 heterocycles. The lowest BCUT2D eigenvalue weighted by atomic mass is 9.98. The van der Waals surface area contributed by atoms with E-state index in [-0.39, 0.29) is 0 Å². The Kier molecular flexibility index (Phi) is 6.97. The summed E-state index contributed by atoms with van der Waals surface area (Å²) in [6.07, 6.45) is 0. The van der Waals surface area contributed by atoms with Crippen molar-refractivity contribution in [2.75, 3.05) is 4.90 Å². The zero-order valence-electron chi connectivity index (χ0n) is 28.7. The minimum atomic E-state index is 1.13. The van der Waals surface area contributed by atoms with Crippen molar-refractivity contribution in [1.82, 2.24) is 0 Å². The first kappa shape index (κ1) is 30.4. The van der Waals surface area contributed by atoms with E-state index in [1.165, 1.54) is 84.1 Å². The molecule has 3 heteroatoms. The highest BCUT2D eigenvalue weighted by Crippen LogP contribution is 2.43. The molecule has 0 amide bonds. The molecule has 53 heavy (non-hydrogen) atoms. The van der Waals surface area contributed by atoms with Crippen LogP contribution >= 0.6 is 22.7 Å². The maximum Gasteiger partial charge on any atom is 0.0476 e. The van der Waals surface area contributed by atoms with Crippen LogP contribution in [0.3, 0.4) is 0 Å². The quantitative estimate of drug-likeness (QED) is 0.172. The molecule has 0 radical (unpaired) electrons. The van der Waals surface area contributed by atoms with E-state index in [9.17, 15) is 0 Å². The molecule has 0 fully saturated rings. The molecular formula is C50H31NS2. The second kappa shape index (κ2) is 12.2. The summed E-state index contributed by atoms with van der Waals surface area (Å²) in [6, 6.07) is 69.1. The van der Waals surface area contributed by atoms with E-state index in [4.69, 9.17) is 0 Å². The zero-order chi connectivity index (χ0) is 34.9. The summed E-state index contributed by atoms with van der Waals surface area (Å²) in [5.41, 5.74) is 8.31. The van der Waals surface area contributed by atoms with Crippen molar-refractivity contribution in [2.45, 2.75) is 0 Å². The smallest absolute Gasteiger partial charge is 0.0476 e. The maximum atomic E-state index is 2.39. The molecule has 248 valence electrons. The lowest BCUT2D eigenvalue weighted by Gasteiger charge is -2.26. The van der Waals surface area contributed by atoms with Crippen LogP contribution in [0.4, 0.5) is 17.1 Å². The van der Waals surface area contributed by atoms with Crippen molar-refractivity contribution < 1.29 is 0 Å². The Balaban J connectivity index is 1.00. The highest BCUT2D eigenvalue weighted by molar-refractivity contribution is 7.26. The van der Waals surface area contributed by atoms with Crippen LogP contribution in [-0.4, -0.2) is 0 Å². The van der Waals surface area contributed by atoms with Crippen LogP contribution in [0.15, 0.2) is 188 Å². The van der Waals surface area contributed by atoms with Crippen LogP contribution < -0.4 is 4.90 Å². The first-order valence-electron chi connectivity index (χ1n) is 18.0. The number of benzene rings is 9. The van der Waals surface area contributed by atoms with Crippen LogP contribution in [0.25, 0.3) is 84.1 Å². The number of fused-ring (bicyclic) bond motifs is 9. The Labute approximate surface area is 315 Å². The van der Waals surface area contributed by atoms with Crippen molar-refractivity contribution in [3.05, 3.63) is 188 Å². The Bertz CT molecular complexity index is 3160. The van der Waals surface area contributed by atoms with E-state index in [0.717, 1.165) is 17.1 Å². The third-order valence-electron chi connectivity index (χ3n) is 10.7. The number of hydrogen-bond acceptors (Lipinski definition) is 3. The Morgan fingerprint density at radius 3 is 1.66 bits per heavy atom. The number of hydrogen-bond donors (Lipinski definition) is 0. The third-order valence-corrected chi connectivity index (χ3v) is 13.0. The van der Waals surface area contributed by atoms with E-state index >= 15 is 0 Å². The molecular weight excluding hydrogens is 679 g/mol. The topological polar surface area (TPSA) is 3.24 Å². The van der Waals surface area contributed by atoms with Crippen molar-refractivity contribution in [3.63, 3.8) is 0 Å². The fraction of sp³-hybridized carbons (Fsp3) is 0. The molecule has 11 aromatic rings. The minimum absolute atomic E-state index is 1.13. The molecule has 9 aromatic carbocycles. The van der Waals surface area contributed by atoms with Crippen LogP contribution in [0.2, 0.25) is 0 Å². The maximum absolute atomic E-state index is 2.39. The van der Waals surface area contributed by atoms with Crippen LogP contribution in [0.1, 0.15) is 0 Å². The van der Waals surface area contributed by atoms with Crippen molar-refractivity contribution in [3.8, 4) is 22.3 Å². The van der Waals surface area contributed by atoms with Gasteiger partial charge in [0.1, 0.15) is 0 Å². The molecule has 11 rings (SSSR count). The zero-order valence-corrected chi connectivity index (χ0v) is 30.3. The van der Waals surface area contributed by atoms with E-state index < -0.39 is 0 Å². The molecule has 0 bridgehead atoms. The van der Waals surface area contributed by atoms with E-state index in [0.29, 0.717) is 0 Å². The van der Waals surface area contributed by atoms with Gasteiger partial charge in [-0.25, -0.2) is 0 Å². The fourth-order valence-corrected chi connectivity index (χ4v) is 10.5. The molecule has 0 N–H and O–H groups in total. The van der Waals surface area contributed by atoms with Crippen LogP contribution in [0, 0.1) is 0 Å². The SMILES string of the molecule is c1ccc2c(-c3ccc(N(c4ccc(-c5ccc6c(c5)sc5c7ccccc7ccc65)cc4)c4ccc5c(c4)sc4ccccc45)cc3)cccc2c1. The van der Waals surface area contributed by atoms with Crippen LogP contribution in [0.5, 0.6) is 0 Å². The Morgan fingerprint density at radius 2 is 0.849 bits per heavy atom. The molecule has 0 aliphatic carbocycles. The standard InChI is InChI=1S/C50H31NS2/c1-3-11-40-33(8-1)10-7-14-41(40)35-18-24-38(25-19-35)51(39-26-29-44-43-13-5-6-15-47(43)52-49(44)31-39)37-22-16-32(17-23-37)36-21-27-45-46-28-20-34-9-2-4-12-42(34)50(46)53-48(45)30-36/h1-31H. The molecule has 0 unspecified atom stereocenters. The van der Waals surface area contributed by atoms with Crippen molar-refractivity contribution in [2.24, 2.45) is 0 Å². The highest BCUT2D eigenvalue weighted by atomic mass is 32.1. The molecule has 0 atom stereocenters. The van der Waals surface area contributed by atoms with Gasteiger partial charge >= 0.3 is 0 Å². The molecule has 0 aliphatic heterocycles. The monoisotopic (exact) mass is 709 g/mol. The highest BCUT2D eigenvalue weighted by Gasteiger charge is 2.16. The summed E-state index contributed by atoms with van der Waals surface area (Å²) in [4.78, 5) is 2.39. The van der Waals surface area contributed by atoms with E-state index in [2.05, 4.69) is 193 Å². The lowest BCUT2D eigenvalue weighted by Crippen LogP contribution is -2.09. The first-order chi connectivity index (χ1) is 26.2. The number of anilines is 3. The largest absolute Gasteiger partial charge is 0.310 e. The number of thiophene rings is 2.